The summed E-state index contributed by atoms with van der Waals surface area (Å²) in [6, 6.07) is 1.95. The molecule has 0 atom stereocenters. The number of fused-ring (bicyclic) bond motifs is 1. The summed E-state index contributed by atoms with van der Waals surface area (Å²) in [4.78, 5) is 4.25. The topological polar surface area (TPSA) is 56.2 Å². The Labute approximate surface area is 115 Å². The average Bonchev–Trinajstić information content (AvgIpc) is 2.90. The fraction of sp³-hybridized carbons (Fsp3) is 0.308. The molecule has 6 heteroatoms. The fourth-order valence-electron chi connectivity index (χ4n) is 2.20. The molecule has 0 bridgehead atoms. The molecule has 0 saturated carbocycles. The number of aromatic nitrogens is 4. The molecule has 0 unspecified atom stereocenters. The van der Waals surface area contributed by atoms with Gasteiger partial charge in [-0.05, 0) is 33.8 Å². The zero-order valence-corrected chi connectivity index (χ0v) is 11.9. The maximum atomic E-state index is 6.12. The van der Waals surface area contributed by atoms with E-state index in [1.54, 1.807) is 0 Å². The summed E-state index contributed by atoms with van der Waals surface area (Å²) >= 11 is 6.12. The Bertz CT molecular complexity index is 788. The summed E-state index contributed by atoms with van der Waals surface area (Å²) < 4.78 is 7.48. The maximum Gasteiger partial charge on any atom is 0.199 e. The van der Waals surface area contributed by atoms with Gasteiger partial charge < -0.3 is 4.42 Å². The van der Waals surface area contributed by atoms with Gasteiger partial charge in [0.05, 0.1) is 11.3 Å². The predicted molar refractivity (Wildman–Crippen MR) is 72.4 cm³/mol. The Kier molecular flexibility index (Phi) is 2.60. The van der Waals surface area contributed by atoms with Gasteiger partial charge in [0.2, 0.25) is 0 Å². The van der Waals surface area contributed by atoms with Gasteiger partial charge in [0.15, 0.2) is 16.6 Å². The average molecular weight is 277 g/mol. The molecule has 98 valence electrons. The van der Waals surface area contributed by atoms with Gasteiger partial charge in [-0.25, -0.2) is 4.98 Å². The van der Waals surface area contributed by atoms with Crippen LogP contribution >= 0.6 is 11.6 Å². The number of furan rings is 1. The Morgan fingerprint density at radius 1 is 1.16 bits per heavy atom. The highest BCUT2D eigenvalue weighted by Crippen LogP contribution is 2.28. The minimum absolute atomic E-state index is 0.361. The number of hydrogen-bond donors (Lipinski definition) is 0. The summed E-state index contributed by atoms with van der Waals surface area (Å²) in [6.07, 6.45) is 0. The first-order chi connectivity index (χ1) is 8.99. The molecule has 0 aromatic carbocycles. The molecule has 5 nitrogen and oxygen atoms in total. The van der Waals surface area contributed by atoms with Gasteiger partial charge in [-0.2, -0.15) is 0 Å². The van der Waals surface area contributed by atoms with E-state index < -0.39 is 0 Å². The van der Waals surface area contributed by atoms with E-state index >= 15 is 0 Å². The molecule has 3 aromatic rings. The lowest BCUT2D eigenvalue weighted by molar-refractivity contribution is 0.505. The Morgan fingerprint density at radius 2 is 1.89 bits per heavy atom. The minimum Gasteiger partial charge on any atom is -0.466 e. The maximum absolute atomic E-state index is 6.12. The van der Waals surface area contributed by atoms with Crippen molar-refractivity contribution in [1.82, 2.24) is 19.6 Å². The van der Waals surface area contributed by atoms with Crippen LogP contribution in [-0.2, 0) is 0 Å². The van der Waals surface area contributed by atoms with E-state index in [0.29, 0.717) is 10.8 Å². The van der Waals surface area contributed by atoms with Crippen LogP contribution in [0.1, 0.15) is 22.9 Å². The van der Waals surface area contributed by atoms with Crippen molar-refractivity contribution in [3.05, 3.63) is 34.1 Å². The molecule has 3 aromatic heterocycles. The normalized spacial score (nSPS) is 11.4. The molecule has 0 amide bonds. The molecule has 0 aliphatic carbocycles. The van der Waals surface area contributed by atoms with Crippen LogP contribution in [0.3, 0.4) is 0 Å². The molecule has 0 fully saturated rings. The molecule has 0 saturated heterocycles. The van der Waals surface area contributed by atoms with E-state index in [1.807, 2.05) is 38.2 Å². The molecule has 0 aliphatic rings. The summed E-state index contributed by atoms with van der Waals surface area (Å²) in [6.45, 7) is 7.71. The minimum atomic E-state index is 0.361. The predicted octanol–water partition coefficient (Wildman–Crippen LogP) is 3.27. The van der Waals surface area contributed by atoms with Crippen molar-refractivity contribution in [3.63, 3.8) is 0 Å². The van der Waals surface area contributed by atoms with Crippen molar-refractivity contribution in [1.29, 1.82) is 0 Å². The highest BCUT2D eigenvalue weighted by Gasteiger charge is 2.18. The standard InChI is InChI=1S/C13H13ClN4O/c1-6-5-10(9(4)19-6)12-16-17-13-11(14)15-7(2)8(3)18(12)13/h5H,1-4H3. The van der Waals surface area contributed by atoms with Gasteiger partial charge in [-0.15, -0.1) is 10.2 Å². The first-order valence-corrected chi connectivity index (χ1v) is 6.32. The van der Waals surface area contributed by atoms with Gasteiger partial charge >= 0.3 is 0 Å². The van der Waals surface area contributed by atoms with Gasteiger partial charge in [-0.1, -0.05) is 11.6 Å². The lowest BCUT2D eigenvalue weighted by Gasteiger charge is -2.06. The summed E-state index contributed by atoms with van der Waals surface area (Å²) in [5.41, 5.74) is 3.32. The number of halogens is 1. The zero-order chi connectivity index (χ0) is 13.7. The third-order valence-corrected chi connectivity index (χ3v) is 3.51. The van der Waals surface area contributed by atoms with Gasteiger partial charge in [-0.3, -0.25) is 4.40 Å². The van der Waals surface area contributed by atoms with Gasteiger partial charge in [0.1, 0.15) is 11.5 Å². The second kappa shape index (κ2) is 4.06. The number of hydrogen-bond acceptors (Lipinski definition) is 4. The van der Waals surface area contributed by atoms with Crippen LogP contribution in [0.15, 0.2) is 10.5 Å². The molecule has 0 N–H and O–H groups in total. The summed E-state index contributed by atoms with van der Waals surface area (Å²) in [5, 5.41) is 8.72. The second-order valence-corrected chi connectivity index (χ2v) is 4.94. The molecule has 19 heavy (non-hydrogen) atoms. The quantitative estimate of drug-likeness (QED) is 0.684. The zero-order valence-electron chi connectivity index (χ0n) is 11.2. The van der Waals surface area contributed by atoms with Crippen LogP contribution in [0.4, 0.5) is 0 Å². The third-order valence-electron chi connectivity index (χ3n) is 3.25. The monoisotopic (exact) mass is 276 g/mol. The highest BCUT2D eigenvalue weighted by molar-refractivity contribution is 6.32. The number of rotatable bonds is 1. The van der Waals surface area contributed by atoms with E-state index in [4.69, 9.17) is 16.0 Å². The lowest BCUT2D eigenvalue weighted by atomic mass is 10.2. The molecule has 0 aliphatic heterocycles. The molecular weight excluding hydrogens is 264 g/mol. The van der Waals surface area contributed by atoms with Crippen LogP contribution in [0.2, 0.25) is 5.15 Å². The van der Waals surface area contributed by atoms with Crippen LogP contribution in [-0.4, -0.2) is 19.6 Å². The van der Waals surface area contributed by atoms with Crippen molar-refractivity contribution in [2.45, 2.75) is 27.7 Å². The Morgan fingerprint density at radius 3 is 2.53 bits per heavy atom. The summed E-state index contributed by atoms with van der Waals surface area (Å²) in [5.74, 6) is 2.39. The SMILES string of the molecule is Cc1cc(-c2nnc3c(Cl)nc(C)c(C)n23)c(C)o1. The largest absolute Gasteiger partial charge is 0.466 e. The van der Waals surface area contributed by atoms with E-state index in [9.17, 15) is 0 Å². The first-order valence-electron chi connectivity index (χ1n) is 5.94. The van der Waals surface area contributed by atoms with Crippen LogP contribution in [0.25, 0.3) is 17.0 Å². The van der Waals surface area contributed by atoms with E-state index in [-0.39, 0.29) is 0 Å². The van der Waals surface area contributed by atoms with Crippen LogP contribution < -0.4 is 0 Å². The number of nitrogens with zero attached hydrogens (tertiary/aromatic N) is 4. The van der Waals surface area contributed by atoms with E-state index in [0.717, 1.165) is 34.3 Å². The van der Waals surface area contributed by atoms with Crippen molar-refractivity contribution in [2.24, 2.45) is 0 Å². The van der Waals surface area contributed by atoms with Gasteiger partial charge in [0.25, 0.3) is 0 Å². The van der Waals surface area contributed by atoms with E-state index in [1.165, 1.54) is 0 Å². The first kappa shape index (κ1) is 12.2. The third kappa shape index (κ3) is 1.73. The van der Waals surface area contributed by atoms with Crippen molar-refractivity contribution in [3.8, 4) is 11.4 Å². The second-order valence-electron chi connectivity index (χ2n) is 4.58. The summed E-state index contributed by atoms with van der Waals surface area (Å²) in [7, 11) is 0. The molecule has 3 heterocycles. The Hall–Kier alpha value is -1.88. The van der Waals surface area contributed by atoms with Crippen molar-refractivity contribution >= 4 is 17.2 Å². The van der Waals surface area contributed by atoms with Crippen LogP contribution in [0.5, 0.6) is 0 Å². The van der Waals surface area contributed by atoms with Crippen LogP contribution in [0, 0.1) is 27.7 Å². The lowest BCUT2D eigenvalue weighted by Crippen LogP contribution is -2.01. The van der Waals surface area contributed by atoms with Crippen molar-refractivity contribution < 1.29 is 4.42 Å². The molecule has 0 radical (unpaired) electrons. The smallest absolute Gasteiger partial charge is 0.199 e. The highest BCUT2D eigenvalue weighted by atomic mass is 35.5. The van der Waals surface area contributed by atoms with Gasteiger partial charge in [0, 0.05) is 5.69 Å². The molecular formula is C13H13ClN4O. The van der Waals surface area contributed by atoms with Crippen molar-refractivity contribution in [2.75, 3.05) is 0 Å². The number of aryl methyl sites for hydroxylation is 4. The molecule has 0 spiro atoms. The fourth-order valence-corrected chi connectivity index (χ4v) is 2.45. The van der Waals surface area contributed by atoms with E-state index in [2.05, 4.69) is 15.2 Å². The molecule has 3 rings (SSSR count). The Balaban J connectivity index is 2.40.